The molecule has 7 heteroatoms. The first-order chi connectivity index (χ1) is 10.2. The van der Waals surface area contributed by atoms with Gasteiger partial charge in [-0.05, 0) is 26.3 Å². The predicted molar refractivity (Wildman–Crippen MR) is 79.0 cm³/mol. The van der Waals surface area contributed by atoms with Crippen LogP contribution < -0.4 is 0 Å². The topological polar surface area (TPSA) is 70.8 Å². The molecule has 3 rings (SSSR count). The minimum absolute atomic E-state index is 0.477. The molecule has 0 aromatic carbocycles. The Bertz CT molecular complexity index is 604. The average Bonchev–Trinajstić information content (AvgIpc) is 2.98. The monoisotopic (exact) mass is 309 g/mol. The van der Waals surface area contributed by atoms with E-state index in [1.54, 1.807) is 0 Å². The van der Waals surface area contributed by atoms with E-state index in [-0.39, 0.29) is 0 Å². The van der Waals surface area contributed by atoms with E-state index in [0.717, 1.165) is 29.6 Å². The van der Waals surface area contributed by atoms with Gasteiger partial charge in [0.15, 0.2) is 5.82 Å². The Morgan fingerprint density at radius 3 is 2.76 bits per heavy atom. The molecular formula is C14H20ClN5O. The molecule has 21 heavy (non-hydrogen) atoms. The first-order valence-corrected chi connectivity index (χ1v) is 7.79. The summed E-state index contributed by atoms with van der Waals surface area (Å²) in [6, 6.07) is 0. The number of aromatic amines is 1. The summed E-state index contributed by atoms with van der Waals surface area (Å²) in [5.41, 5.74) is 1.76. The molecule has 0 atom stereocenters. The highest BCUT2D eigenvalue weighted by atomic mass is 35.5. The molecule has 0 radical (unpaired) electrons. The lowest BCUT2D eigenvalue weighted by atomic mass is 9.85. The van der Waals surface area contributed by atoms with Gasteiger partial charge in [0, 0.05) is 12.5 Å². The summed E-state index contributed by atoms with van der Waals surface area (Å²) >= 11 is 6.21. The van der Waals surface area contributed by atoms with Crippen molar-refractivity contribution < 1.29 is 4.52 Å². The van der Waals surface area contributed by atoms with Crippen molar-refractivity contribution in [1.29, 1.82) is 0 Å². The van der Waals surface area contributed by atoms with Crippen LogP contribution in [0.15, 0.2) is 4.52 Å². The van der Waals surface area contributed by atoms with Crippen LogP contribution in [0.1, 0.15) is 55.2 Å². The van der Waals surface area contributed by atoms with E-state index in [0.29, 0.717) is 24.0 Å². The van der Waals surface area contributed by atoms with Crippen LogP contribution in [-0.2, 0) is 13.1 Å². The van der Waals surface area contributed by atoms with Gasteiger partial charge >= 0.3 is 0 Å². The number of hydrogen-bond donors (Lipinski definition) is 1. The highest BCUT2D eigenvalue weighted by Crippen LogP contribution is 2.35. The number of aryl methyl sites for hydroxylation is 1. The minimum Gasteiger partial charge on any atom is -0.339 e. The highest BCUT2D eigenvalue weighted by Gasteiger charge is 2.25. The Balaban J connectivity index is 1.63. The van der Waals surface area contributed by atoms with E-state index in [1.165, 1.54) is 19.3 Å². The Morgan fingerprint density at radius 1 is 1.38 bits per heavy atom. The summed E-state index contributed by atoms with van der Waals surface area (Å²) in [7, 11) is 0. The third-order valence-electron chi connectivity index (χ3n) is 4.06. The Labute approximate surface area is 128 Å². The Morgan fingerprint density at radius 2 is 2.19 bits per heavy atom. The third-order valence-corrected chi connectivity index (χ3v) is 4.57. The molecule has 0 spiro atoms. The van der Waals surface area contributed by atoms with Crippen molar-refractivity contribution in [2.45, 2.75) is 52.1 Å². The minimum atomic E-state index is 0.477. The molecule has 1 N–H and O–H groups in total. The van der Waals surface area contributed by atoms with Crippen LogP contribution in [0.4, 0.5) is 0 Å². The number of aromatic nitrogens is 4. The van der Waals surface area contributed by atoms with Gasteiger partial charge < -0.3 is 4.52 Å². The van der Waals surface area contributed by atoms with Crippen LogP contribution in [-0.4, -0.2) is 31.8 Å². The lowest BCUT2D eigenvalue weighted by molar-refractivity contribution is 0.253. The number of nitrogens with one attached hydrogen (secondary N) is 1. The van der Waals surface area contributed by atoms with E-state index in [2.05, 4.69) is 32.2 Å². The molecule has 114 valence electrons. The fraction of sp³-hybridized carbons (Fsp3) is 0.643. The van der Waals surface area contributed by atoms with Crippen molar-refractivity contribution in [2.75, 3.05) is 6.54 Å². The quantitative estimate of drug-likeness (QED) is 0.888. The van der Waals surface area contributed by atoms with Gasteiger partial charge in [0.25, 0.3) is 0 Å². The number of nitrogens with zero attached hydrogens (tertiary/aromatic N) is 4. The van der Waals surface area contributed by atoms with Gasteiger partial charge in [-0.15, -0.1) is 0 Å². The maximum atomic E-state index is 6.21. The molecule has 2 aromatic heterocycles. The lowest BCUT2D eigenvalue weighted by Gasteiger charge is -2.20. The fourth-order valence-electron chi connectivity index (χ4n) is 2.41. The zero-order valence-electron chi connectivity index (χ0n) is 12.4. The van der Waals surface area contributed by atoms with Crippen LogP contribution in [0.3, 0.4) is 0 Å². The Hall–Kier alpha value is -1.40. The van der Waals surface area contributed by atoms with Gasteiger partial charge in [-0.1, -0.05) is 30.1 Å². The van der Waals surface area contributed by atoms with E-state index >= 15 is 0 Å². The zero-order valence-corrected chi connectivity index (χ0v) is 13.2. The van der Waals surface area contributed by atoms with Crippen LogP contribution >= 0.6 is 11.6 Å². The summed E-state index contributed by atoms with van der Waals surface area (Å²) in [5, 5.41) is 11.9. The van der Waals surface area contributed by atoms with Crippen LogP contribution in [0.2, 0.25) is 5.02 Å². The molecule has 1 saturated carbocycles. The normalized spacial score (nSPS) is 15.6. The van der Waals surface area contributed by atoms with Crippen molar-refractivity contribution >= 4 is 11.6 Å². The molecular weight excluding hydrogens is 290 g/mol. The molecule has 2 heterocycles. The van der Waals surface area contributed by atoms with Crippen molar-refractivity contribution in [2.24, 2.45) is 0 Å². The summed E-state index contributed by atoms with van der Waals surface area (Å²) in [6.07, 6.45) is 3.60. The van der Waals surface area contributed by atoms with Gasteiger partial charge in [-0.2, -0.15) is 10.1 Å². The van der Waals surface area contributed by atoms with Gasteiger partial charge in [0.2, 0.25) is 5.89 Å². The SMILES string of the molecule is CCN(Cc1noc(C2CCC2)n1)Cc1n[nH]c(C)c1Cl. The van der Waals surface area contributed by atoms with E-state index in [1.807, 2.05) is 6.92 Å². The van der Waals surface area contributed by atoms with E-state index < -0.39 is 0 Å². The summed E-state index contributed by atoms with van der Waals surface area (Å²) in [6.45, 7) is 6.21. The second kappa shape index (κ2) is 6.15. The highest BCUT2D eigenvalue weighted by molar-refractivity contribution is 6.31. The molecule has 6 nitrogen and oxygen atoms in total. The van der Waals surface area contributed by atoms with Gasteiger partial charge in [0.1, 0.15) is 0 Å². The van der Waals surface area contributed by atoms with Gasteiger partial charge in [-0.25, -0.2) is 0 Å². The van der Waals surface area contributed by atoms with Crippen molar-refractivity contribution in [3.63, 3.8) is 0 Å². The fourth-order valence-corrected chi connectivity index (χ4v) is 2.56. The maximum Gasteiger partial charge on any atom is 0.229 e. The van der Waals surface area contributed by atoms with Crippen molar-refractivity contribution in [1.82, 2.24) is 25.2 Å². The van der Waals surface area contributed by atoms with Gasteiger partial charge in [0.05, 0.1) is 23.0 Å². The molecule has 0 aliphatic heterocycles. The van der Waals surface area contributed by atoms with Crippen molar-refractivity contribution in [3.05, 3.63) is 28.1 Å². The largest absolute Gasteiger partial charge is 0.339 e. The number of hydrogen-bond acceptors (Lipinski definition) is 5. The molecule has 0 amide bonds. The molecule has 1 aliphatic rings. The summed E-state index contributed by atoms with van der Waals surface area (Å²) < 4.78 is 5.36. The standard InChI is InChI=1S/C14H20ClN5O/c1-3-20(7-11-13(15)9(2)17-18-11)8-12-16-14(21-19-12)10-5-4-6-10/h10H,3-8H2,1-2H3,(H,17,18). The van der Waals surface area contributed by atoms with Crippen LogP contribution in [0.25, 0.3) is 0 Å². The predicted octanol–water partition coefficient (Wildman–Crippen LogP) is 3.04. The summed E-state index contributed by atoms with van der Waals surface area (Å²) in [4.78, 5) is 6.70. The van der Waals surface area contributed by atoms with E-state index in [4.69, 9.17) is 16.1 Å². The average molecular weight is 310 g/mol. The lowest BCUT2D eigenvalue weighted by Crippen LogP contribution is -2.23. The molecule has 1 fully saturated rings. The van der Waals surface area contributed by atoms with Crippen LogP contribution in [0, 0.1) is 6.92 Å². The van der Waals surface area contributed by atoms with Crippen molar-refractivity contribution in [3.8, 4) is 0 Å². The smallest absolute Gasteiger partial charge is 0.229 e. The molecule has 0 saturated heterocycles. The van der Waals surface area contributed by atoms with Gasteiger partial charge in [-0.3, -0.25) is 10.00 Å². The second-order valence-corrected chi connectivity index (χ2v) is 5.97. The Kier molecular flexibility index (Phi) is 4.26. The first-order valence-electron chi connectivity index (χ1n) is 7.41. The maximum absolute atomic E-state index is 6.21. The first kappa shape index (κ1) is 14.5. The molecule has 0 unspecified atom stereocenters. The number of halogens is 1. The molecule has 2 aromatic rings. The number of H-pyrrole nitrogens is 1. The molecule has 0 bridgehead atoms. The third kappa shape index (κ3) is 3.11. The summed E-state index contributed by atoms with van der Waals surface area (Å²) in [5.74, 6) is 2.01. The number of rotatable bonds is 6. The second-order valence-electron chi connectivity index (χ2n) is 5.59. The van der Waals surface area contributed by atoms with E-state index in [9.17, 15) is 0 Å². The molecule has 1 aliphatic carbocycles. The van der Waals surface area contributed by atoms with Crippen LogP contribution in [0.5, 0.6) is 0 Å². The zero-order chi connectivity index (χ0) is 14.8.